The van der Waals surface area contributed by atoms with Crippen LogP contribution in [0, 0.1) is 0 Å². The second kappa shape index (κ2) is 6.30. The van der Waals surface area contributed by atoms with Crippen molar-refractivity contribution in [3.8, 4) is 0 Å². The van der Waals surface area contributed by atoms with Gasteiger partial charge in [0.15, 0.2) is 0 Å². The fraction of sp³-hybridized carbons (Fsp3) is 0.647. The van der Waals surface area contributed by atoms with Crippen LogP contribution in [-0.4, -0.2) is 30.4 Å². The second-order valence-electron chi connectivity index (χ2n) is 9.69. The molecule has 1 atom stereocenters. The van der Waals surface area contributed by atoms with Crippen molar-refractivity contribution in [2.75, 3.05) is 0 Å². The molecule has 0 saturated carbocycles. The summed E-state index contributed by atoms with van der Waals surface area (Å²) < 4.78 is 0. The Labute approximate surface area is 137 Å². The van der Waals surface area contributed by atoms with Gasteiger partial charge in [-0.1, -0.05) is 107 Å². The zero-order valence-electron chi connectivity index (χ0n) is 15.8. The van der Waals surface area contributed by atoms with E-state index in [-0.39, 0.29) is 0 Å². The van der Waals surface area contributed by atoms with E-state index in [1.54, 1.807) is 11.2 Å². The number of hydrogen-bond acceptors (Lipinski definition) is 0. The monoisotopic (exact) mass is 352 g/mol. The number of rotatable bonds is 6. The van der Waals surface area contributed by atoms with E-state index in [2.05, 4.69) is 89.3 Å². The van der Waals surface area contributed by atoms with Crippen LogP contribution in [0.1, 0.15) is 0 Å². The quantitative estimate of drug-likeness (QED) is 0.592. The van der Waals surface area contributed by atoms with E-state index >= 15 is 0 Å². The van der Waals surface area contributed by atoms with Gasteiger partial charge in [0.2, 0.25) is 0 Å². The third-order valence-electron chi connectivity index (χ3n) is 5.70. The lowest BCUT2D eigenvalue weighted by Gasteiger charge is -2.50. The maximum atomic E-state index is 2.74. The van der Waals surface area contributed by atoms with Gasteiger partial charge in [0.05, 0.1) is 7.11 Å². The normalized spacial score (nSPS) is 16.6. The molecule has 1 aromatic rings. The lowest BCUT2D eigenvalue weighted by molar-refractivity contribution is 1.29. The fourth-order valence-corrected chi connectivity index (χ4v) is 48.1. The van der Waals surface area contributed by atoms with Crippen LogP contribution in [0.3, 0.4) is 0 Å². The van der Waals surface area contributed by atoms with Gasteiger partial charge in [-0.15, -0.1) is 0 Å². The molecule has 0 radical (unpaired) electrons. The lowest BCUT2D eigenvalue weighted by atomic mass is 10.4. The Bertz CT molecular complexity index is 454. The molecule has 21 heavy (non-hydrogen) atoms. The summed E-state index contributed by atoms with van der Waals surface area (Å²) in [5.74, 6) is 0. The predicted octanol–water partition coefficient (Wildman–Crippen LogP) is 5.51. The largest absolute Gasteiger partial charge is 0.0714 e. The summed E-state index contributed by atoms with van der Waals surface area (Å²) >= 11 is 0. The van der Waals surface area contributed by atoms with Crippen LogP contribution >= 0.6 is 0 Å². The molecule has 0 aromatic heterocycles. The minimum atomic E-state index is -1.35. The molecule has 120 valence electrons. The van der Waals surface area contributed by atoms with E-state index in [4.69, 9.17) is 0 Å². The van der Waals surface area contributed by atoms with Gasteiger partial charge in [0, 0.05) is 23.3 Å². The summed E-state index contributed by atoms with van der Waals surface area (Å²) in [7, 11) is -4.66. The topological polar surface area (TPSA) is 0 Å². The van der Waals surface area contributed by atoms with Gasteiger partial charge in [-0.25, -0.2) is 0 Å². The molecule has 0 aliphatic carbocycles. The fourth-order valence-electron chi connectivity index (χ4n) is 3.55. The Morgan fingerprint density at radius 1 is 0.667 bits per heavy atom. The van der Waals surface area contributed by atoms with Gasteiger partial charge in [-0.3, -0.25) is 0 Å². The van der Waals surface area contributed by atoms with Crippen molar-refractivity contribution >= 4 is 35.6 Å². The molecule has 0 spiro atoms. The predicted molar refractivity (Wildman–Crippen MR) is 111 cm³/mol. The number of benzene rings is 1. The van der Waals surface area contributed by atoms with Crippen molar-refractivity contribution in [3.05, 3.63) is 30.3 Å². The average Bonchev–Trinajstić information content (AvgIpc) is 2.34. The molecule has 1 aromatic carbocycles. The van der Waals surface area contributed by atoms with E-state index in [9.17, 15) is 0 Å². The summed E-state index contributed by atoms with van der Waals surface area (Å²) in [5.41, 5.74) is 0. The van der Waals surface area contributed by atoms with Gasteiger partial charge in [-0.05, 0) is 0 Å². The van der Waals surface area contributed by atoms with Crippen molar-refractivity contribution in [2.45, 2.75) is 71.0 Å². The molecule has 0 amide bonds. The Morgan fingerprint density at radius 2 is 1.14 bits per heavy atom. The first-order chi connectivity index (χ1) is 9.31. The molecule has 0 fully saturated rings. The van der Waals surface area contributed by atoms with Crippen molar-refractivity contribution in [3.63, 3.8) is 0 Å². The van der Waals surface area contributed by atoms with Crippen molar-refractivity contribution in [2.24, 2.45) is 0 Å². The van der Waals surface area contributed by atoms with E-state index in [1.165, 1.54) is 6.04 Å². The van der Waals surface area contributed by atoms with Crippen LogP contribution in [0.4, 0.5) is 0 Å². The molecular weight excluding hydrogens is 317 g/mol. The Hall–Kier alpha value is 0.0875. The molecule has 0 nitrogen and oxygen atoms in total. The van der Waals surface area contributed by atoms with Gasteiger partial charge >= 0.3 is 0 Å². The van der Waals surface area contributed by atoms with E-state index in [0.717, 1.165) is 0 Å². The molecule has 4 heteroatoms. The van der Waals surface area contributed by atoms with Gasteiger partial charge in [0.1, 0.15) is 0 Å². The molecule has 0 N–H and O–H groups in total. The summed E-state index contributed by atoms with van der Waals surface area (Å²) in [6.45, 7) is 23.7. The number of hydrogen-bond donors (Lipinski definition) is 0. The van der Waals surface area contributed by atoms with E-state index in [0.29, 0.717) is 0 Å². The maximum Gasteiger partial charge on any atom is 0.0708 e. The molecule has 0 heterocycles. The van der Waals surface area contributed by atoms with Crippen molar-refractivity contribution < 1.29 is 0 Å². The van der Waals surface area contributed by atoms with Crippen LogP contribution < -0.4 is 5.19 Å². The molecule has 0 aliphatic rings. The zero-order valence-corrected chi connectivity index (χ0v) is 19.8. The van der Waals surface area contributed by atoms with E-state index in [1.807, 2.05) is 0 Å². The molecule has 0 aliphatic heterocycles. The lowest BCUT2D eigenvalue weighted by Crippen LogP contribution is -2.77. The first-order valence-electron chi connectivity index (χ1n) is 8.37. The maximum absolute atomic E-state index is 2.74. The Balaban J connectivity index is 3.26. The highest BCUT2D eigenvalue weighted by atomic mass is 29.6. The van der Waals surface area contributed by atoms with Gasteiger partial charge in [0.25, 0.3) is 0 Å². The van der Waals surface area contributed by atoms with Crippen LogP contribution in [-0.2, 0) is 0 Å². The first kappa shape index (κ1) is 19.1. The summed E-state index contributed by atoms with van der Waals surface area (Å²) in [6, 6.07) is 14.7. The second-order valence-corrected chi connectivity index (χ2v) is 43.0. The highest BCUT2D eigenvalue weighted by Gasteiger charge is 2.53. The molecule has 1 unspecified atom stereocenters. The van der Waals surface area contributed by atoms with Crippen molar-refractivity contribution in [1.29, 1.82) is 0 Å². The summed E-state index contributed by atoms with van der Waals surface area (Å²) in [5, 5.41) is 1.75. The highest BCUT2D eigenvalue weighted by molar-refractivity contribution is 7.72. The third kappa shape index (κ3) is 4.30. The molecule has 0 bridgehead atoms. The Morgan fingerprint density at radius 3 is 1.52 bits per heavy atom. The molecule has 1 rings (SSSR count). The minimum absolute atomic E-state index is 0.933. The van der Waals surface area contributed by atoms with Crippen LogP contribution in [0.25, 0.3) is 0 Å². The van der Waals surface area contributed by atoms with Crippen LogP contribution in [0.2, 0.25) is 71.0 Å². The first-order valence-corrected chi connectivity index (χ1v) is 23.3. The summed E-state index contributed by atoms with van der Waals surface area (Å²) in [6.07, 6.45) is 0. The standard InChI is InChI=1S/C17H36Si4/c1-18(2,3)15-16-20(7,8)21(9,19(4,5)6)17-13-11-10-12-14-17/h10-14H,15-16H2,1-9H3. The highest BCUT2D eigenvalue weighted by Crippen LogP contribution is 2.34. The zero-order chi connectivity index (χ0) is 16.5. The van der Waals surface area contributed by atoms with Crippen LogP contribution in [0.5, 0.6) is 0 Å². The van der Waals surface area contributed by atoms with Crippen molar-refractivity contribution in [1.82, 2.24) is 0 Å². The minimum Gasteiger partial charge on any atom is -0.0714 e. The SMILES string of the molecule is C[Si](C)(C)CC[Si](C)(C)[Si](C)(c1ccccc1)[Si](C)(C)C. The van der Waals surface area contributed by atoms with Gasteiger partial charge in [-0.2, -0.15) is 0 Å². The van der Waals surface area contributed by atoms with Crippen LogP contribution in [0.15, 0.2) is 30.3 Å². The summed E-state index contributed by atoms with van der Waals surface area (Å²) in [4.78, 5) is 0. The van der Waals surface area contributed by atoms with E-state index < -0.39 is 30.4 Å². The third-order valence-corrected chi connectivity index (χ3v) is 49.1. The Kier molecular flexibility index (Phi) is 5.74. The average molecular weight is 353 g/mol. The smallest absolute Gasteiger partial charge is 0.0708 e. The van der Waals surface area contributed by atoms with Gasteiger partial charge < -0.3 is 0 Å². The molecular formula is C17H36Si4. The molecule has 0 saturated heterocycles.